The van der Waals surface area contributed by atoms with E-state index in [-0.39, 0.29) is 6.54 Å². The van der Waals surface area contributed by atoms with Gasteiger partial charge in [0.15, 0.2) is 0 Å². The zero-order chi connectivity index (χ0) is 23.6. The minimum Gasteiger partial charge on any atom is -0.480 e. The van der Waals surface area contributed by atoms with Crippen LogP contribution in [0.15, 0.2) is 24.3 Å². The van der Waals surface area contributed by atoms with E-state index in [0.717, 1.165) is 84.7 Å². The van der Waals surface area contributed by atoms with Gasteiger partial charge in [-0.2, -0.15) is 0 Å². The zero-order valence-corrected chi connectivity index (χ0v) is 20.0. The number of fused-ring (bicyclic) bond motifs is 3. The van der Waals surface area contributed by atoms with Crippen molar-refractivity contribution in [2.45, 2.75) is 38.6 Å². The lowest BCUT2D eigenvalue weighted by molar-refractivity contribution is -0.144. The van der Waals surface area contributed by atoms with Crippen molar-refractivity contribution in [2.24, 2.45) is 0 Å². The van der Waals surface area contributed by atoms with Crippen LogP contribution in [0.3, 0.4) is 0 Å². The fourth-order valence-electron chi connectivity index (χ4n) is 4.93. The van der Waals surface area contributed by atoms with E-state index < -0.39 is 18.0 Å². The summed E-state index contributed by atoms with van der Waals surface area (Å²) in [5.41, 5.74) is 2.40. The molecule has 0 saturated carbocycles. The molecule has 3 atom stereocenters. The molecule has 0 aliphatic carbocycles. The summed E-state index contributed by atoms with van der Waals surface area (Å²) in [7, 11) is 0. The average molecular weight is 461 g/mol. The number of aryl methyl sites for hydroxylation is 2. The number of hydrogen-bond acceptors (Lipinski definition) is 6. The smallest absolute Gasteiger partial charge is 0.320 e. The van der Waals surface area contributed by atoms with E-state index in [1.807, 2.05) is 4.90 Å². The summed E-state index contributed by atoms with van der Waals surface area (Å²) in [6, 6.07) is 7.90. The van der Waals surface area contributed by atoms with Gasteiger partial charge in [0.1, 0.15) is 6.04 Å². The van der Waals surface area contributed by atoms with E-state index in [4.69, 9.17) is 0 Å². The van der Waals surface area contributed by atoms with Crippen LogP contribution < -0.4 is 0 Å². The van der Waals surface area contributed by atoms with Crippen LogP contribution >= 0.6 is 0 Å². The largest absolute Gasteiger partial charge is 0.480 e. The Bertz CT molecular complexity index is 757. The maximum Gasteiger partial charge on any atom is 0.320 e. The molecule has 0 aromatic heterocycles. The molecule has 2 saturated heterocycles. The Kier molecular flexibility index (Phi) is 10.1. The highest BCUT2D eigenvalue weighted by Gasteiger charge is 2.27. The first-order valence-corrected chi connectivity index (χ1v) is 12.3. The van der Waals surface area contributed by atoms with Gasteiger partial charge in [0.2, 0.25) is 0 Å². The average Bonchev–Trinajstić information content (AvgIpc) is 2.78. The van der Waals surface area contributed by atoms with Crippen LogP contribution in [0.1, 0.15) is 30.4 Å². The molecule has 0 amide bonds. The monoisotopic (exact) mass is 460 g/mol. The van der Waals surface area contributed by atoms with Gasteiger partial charge in [-0.05, 0) is 51.3 Å². The normalized spacial score (nSPS) is 24.8. The summed E-state index contributed by atoms with van der Waals surface area (Å²) in [6.07, 6.45) is 3.24. The van der Waals surface area contributed by atoms with Crippen molar-refractivity contribution in [2.75, 3.05) is 72.0 Å². The molecule has 2 aliphatic rings. The number of carbonyl (C=O) groups is 2. The second-order valence-corrected chi connectivity index (χ2v) is 9.47. The van der Waals surface area contributed by atoms with Crippen LogP contribution in [0, 0.1) is 6.92 Å². The van der Waals surface area contributed by atoms with Crippen molar-refractivity contribution in [3.05, 3.63) is 35.4 Å². The molecular weight excluding hydrogens is 420 g/mol. The number of aliphatic carboxylic acids is 2. The molecule has 184 valence electrons. The summed E-state index contributed by atoms with van der Waals surface area (Å²) in [4.78, 5) is 32.5. The van der Waals surface area contributed by atoms with Gasteiger partial charge in [0, 0.05) is 52.4 Å². The number of rotatable bonds is 7. The molecular formula is C25H40N4O4. The van der Waals surface area contributed by atoms with E-state index >= 15 is 0 Å². The Balaban J connectivity index is 1.63. The summed E-state index contributed by atoms with van der Waals surface area (Å²) in [5, 5.41) is 19.2. The van der Waals surface area contributed by atoms with Crippen LogP contribution in [0.25, 0.3) is 0 Å². The number of carboxylic acid groups (broad SMARTS) is 2. The van der Waals surface area contributed by atoms with Crippen molar-refractivity contribution in [3.8, 4) is 0 Å². The van der Waals surface area contributed by atoms with E-state index in [1.165, 1.54) is 11.1 Å². The third-order valence-corrected chi connectivity index (χ3v) is 6.95. The Morgan fingerprint density at radius 1 is 0.818 bits per heavy atom. The molecule has 2 aliphatic heterocycles. The first-order valence-electron chi connectivity index (χ1n) is 12.3. The van der Waals surface area contributed by atoms with Crippen LogP contribution in [-0.2, 0) is 16.0 Å². The SMILES string of the molecule is Cc1ccc(CCC(C(=O)O)N2CCCN3CCN(CCCN(CC(=O)O)CC3)CC2)cc1. The first-order chi connectivity index (χ1) is 15.9. The van der Waals surface area contributed by atoms with Gasteiger partial charge in [-0.25, -0.2) is 0 Å². The van der Waals surface area contributed by atoms with Gasteiger partial charge >= 0.3 is 11.9 Å². The molecule has 1 aromatic rings. The molecule has 0 spiro atoms. The topological polar surface area (TPSA) is 87.6 Å². The first kappa shape index (κ1) is 25.6. The maximum absolute atomic E-state index is 12.2. The lowest BCUT2D eigenvalue weighted by Gasteiger charge is -2.37. The van der Waals surface area contributed by atoms with Gasteiger partial charge < -0.3 is 20.0 Å². The maximum atomic E-state index is 12.2. The minimum atomic E-state index is -0.766. The van der Waals surface area contributed by atoms with E-state index in [1.54, 1.807) is 0 Å². The predicted molar refractivity (Wildman–Crippen MR) is 129 cm³/mol. The molecule has 0 radical (unpaired) electrons. The van der Waals surface area contributed by atoms with Gasteiger partial charge in [-0.15, -0.1) is 0 Å². The molecule has 33 heavy (non-hydrogen) atoms. The van der Waals surface area contributed by atoms with Gasteiger partial charge in [0.05, 0.1) is 6.54 Å². The molecule has 8 nitrogen and oxygen atoms in total. The minimum absolute atomic E-state index is 0.100. The molecule has 3 rings (SSSR count). The summed E-state index contributed by atoms with van der Waals surface area (Å²) in [6.45, 7) is 10.7. The summed E-state index contributed by atoms with van der Waals surface area (Å²) >= 11 is 0. The van der Waals surface area contributed by atoms with Crippen molar-refractivity contribution in [3.63, 3.8) is 0 Å². The third-order valence-electron chi connectivity index (χ3n) is 6.95. The number of carboxylic acids is 2. The molecule has 2 N–H and O–H groups in total. The standard InChI is InChI=1S/C25H40N4O4/c1-21-4-6-22(7-5-21)8-9-23(25(32)33)29-13-3-11-26-14-15-27(18-19-29)10-2-12-28(17-16-26)20-24(30)31/h4-7,23H,2-3,8-20H2,1H3,(H,30,31)(H,32,33). The van der Waals surface area contributed by atoms with Crippen molar-refractivity contribution in [1.82, 2.24) is 19.6 Å². The lowest BCUT2D eigenvalue weighted by atomic mass is 10.0. The second kappa shape index (κ2) is 13.0. The highest BCUT2D eigenvalue weighted by Crippen LogP contribution is 2.14. The van der Waals surface area contributed by atoms with Crippen LogP contribution in [-0.4, -0.2) is 120 Å². The fourth-order valence-corrected chi connectivity index (χ4v) is 4.93. The van der Waals surface area contributed by atoms with E-state index in [9.17, 15) is 19.8 Å². The molecule has 2 bridgehead atoms. The number of hydrogen-bond donors (Lipinski definition) is 2. The Morgan fingerprint density at radius 2 is 1.42 bits per heavy atom. The van der Waals surface area contributed by atoms with Crippen LogP contribution in [0.4, 0.5) is 0 Å². The molecule has 2 heterocycles. The Hall–Kier alpha value is -2.00. The zero-order valence-electron chi connectivity index (χ0n) is 20.0. The lowest BCUT2D eigenvalue weighted by Crippen LogP contribution is -2.50. The van der Waals surface area contributed by atoms with Gasteiger partial charge in [-0.1, -0.05) is 29.8 Å². The van der Waals surface area contributed by atoms with Gasteiger partial charge in [0.25, 0.3) is 0 Å². The van der Waals surface area contributed by atoms with Crippen LogP contribution in [0.2, 0.25) is 0 Å². The molecule has 1 aromatic carbocycles. The third kappa shape index (κ3) is 8.70. The Morgan fingerprint density at radius 3 is 2.06 bits per heavy atom. The van der Waals surface area contributed by atoms with Crippen molar-refractivity contribution in [1.29, 1.82) is 0 Å². The van der Waals surface area contributed by atoms with Crippen LogP contribution in [0.5, 0.6) is 0 Å². The Labute approximate surface area is 197 Å². The van der Waals surface area contributed by atoms with E-state index in [0.29, 0.717) is 6.42 Å². The highest BCUT2D eigenvalue weighted by atomic mass is 16.4. The van der Waals surface area contributed by atoms with Crippen molar-refractivity contribution >= 4 is 11.9 Å². The fraction of sp³-hybridized carbons (Fsp3) is 0.680. The van der Waals surface area contributed by atoms with Gasteiger partial charge in [-0.3, -0.25) is 19.4 Å². The summed E-state index contributed by atoms with van der Waals surface area (Å²) < 4.78 is 0. The number of benzene rings is 1. The molecule has 8 heteroatoms. The van der Waals surface area contributed by atoms with E-state index in [2.05, 4.69) is 45.9 Å². The summed E-state index contributed by atoms with van der Waals surface area (Å²) in [5.74, 6) is -1.49. The van der Waals surface area contributed by atoms with Crippen molar-refractivity contribution < 1.29 is 19.8 Å². The molecule has 2 fully saturated rings. The predicted octanol–water partition coefficient (Wildman–Crippen LogP) is 1.48. The second-order valence-electron chi connectivity index (χ2n) is 9.47. The highest BCUT2D eigenvalue weighted by molar-refractivity contribution is 5.73. The number of nitrogens with zero attached hydrogens (tertiary/aromatic N) is 4. The quantitative estimate of drug-likeness (QED) is 0.633. The molecule has 3 unspecified atom stereocenters.